The molecule has 0 bridgehead atoms. The fraction of sp³-hybridized carbons (Fsp3) is 0.545. The molecule has 0 saturated carbocycles. The predicted molar refractivity (Wildman–Crippen MR) is 113 cm³/mol. The van der Waals surface area contributed by atoms with E-state index in [1.54, 1.807) is 30.4 Å². The topological polar surface area (TPSA) is 85.1 Å². The van der Waals surface area contributed by atoms with Crippen molar-refractivity contribution < 1.29 is 13.6 Å². The Kier molecular flexibility index (Phi) is 5.75. The van der Waals surface area contributed by atoms with Gasteiger partial charge in [0.05, 0.1) is 23.8 Å². The molecule has 9 heteroatoms. The number of piperidine rings is 1. The lowest BCUT2D eigenvalue weighted by Crippen LogP contribution is -2.49. The van der Waals surface area contributed by atoms with Gasteiger partial charge in [-0.15, -0.1) is 0 Å². The summed E-state index contributed by atoms with van der Waals surface area (Å²) in [7, 11) is 1.68. The number of alkyl halides is 2. The quantitative estimate of drug-likeness (QED) is 0.805. The first-order valence-electron chi connectivity index (χ1n) is 10.5. The van der Waals surface area contributed by atoms with Crippen molar-refractivity contribution in [2.24, 2.45) is 11.8 Å². The van der Waals surface area contributed by atoms with Crippen molar-refractivity contribution in [3.8, 4) is 6.07 Å². The van der Waals surface area contributed by atoms with E-state index in [0.29, 0.717) is 42.7 Å². The van der Waals surface area contributed by atoms with E-state index in [1.165, 1.54) is 0 Å². The number of amides is 1. The van der Waals surface area contributed by atoms with Gasteiger partial charge in [0.2, 0.25) is 5.91 Å². The highest BCUT2D eigenvalue weighted by Gasteiger charge is 2.44. The number of anilines is 1. The van der Waals surface area contributed by atoms with Gasteiger partial charge in [-0.1, -0.05) is 6.92 Å². The van der Waals surface area contributed by atoms with Crippen molar-refractivity contribution in [1.82, 2.24) is 20.2 Å². The SMILES string of the molecule is CC1CN(c2ccc(C#N)c3nccnc23)CC1NC(=O)CC1CCN(C)CC1(F)F. The summed E-state index contributed by atoms with van der Waals surface area (Å²) in [5.41, 5.74) is 2.51. The smallest absolute Gasteiger partial charge is 0.263 e. The van der Waals surface area contributed by atoms with Gasteiger partial charge in [0.1, 0.15) is 17.1 Å². The van der Waals surface area contributed by atoms with Crippen molar-refractivity contribution in [3.05, 3.63) is 30.1 Å². The van der Waals surface area contributed by atoms with Gasteiger partial charge in [-0.3, -0.25) is 14.8 Å². The number of halogens is 2. The maximum absolute atomic E-state index is 14.3. The van der Waals surface area contributed by atoms with E-state index in [1.807, 2.05) is 13.0 Å². The highest BCUT2D eigenvalue weighted by Crippen LogP contribution is 2.35. The molecule has 164 valence electrons. The Labute approximate surface area is 180 Å². The van der Waals surface area contributed by atoms with Gasteiger partial charge in [0.25, 0.3) is 5.92 Å². The maximum Gasteiger partial charge on any atom is 0.263 e. The number of hydrogen-bond acceptors (Lipinski definition) is 6. The second-order valence-corrected chi connectivity index (χ2v) is 8.74. The second-order valence-electron chi connectivity index (χ2n) is 8.74. The molecule has 2 aromatic rings. The molecule has 2 saturated heterocycles. The van der Waals surface area contributed by atoms with Crippen molar-refractivity contribution in [2.45, 2.75) is 31.7 Å². The van der Waals surface area contributed by atoms with E-state index in [4.69, 9.17) is 0 Å². The molecule has 1 aromatic carbocycles. The van der Waals surface area contributed by atoms with Crippen LogP contribution in [0.4, 0.5) is 14.5 Å². The molecule has 2 fully saturated rings. The van der Waals surface area contributed by atoms with E-state index in [0.717, 1.165) is 5.69 Å². The zero-order valence-corrected chi connectivity index (χ0v) is 17.7. The van der Waals surface area contributed by atoms with Gasteiger partial charge in [-0.25, -0.2) is 8.78 Å². The number of hydrogen-bond donors (Lipinski definition) is 1. The Morgan fingerprint density at radius 1 is 1.29 bits per heavy atom. The lowest BCUT2D eigenvalue weighted by atomic mass is 9.89. The minimum atomic E-state index is -2.85. The van der Waals surface area contributed by atoms with E-state index in [-0.39, 0.29) is 30.8 Å². The summed E-state index contributed by atoms with van der Waals surface area (Å²) in [6.07, 6.45) is 3.31. The summed E-state index contributed by atoms with van der Waals surface area (Å²) >= 11 is 0. The monoisotopic (exact) mass is 428 g/mol. The van der Waals surface area contributed by atoms with Crippen LogP contribution in [-0.2, 0) is 4.79 Å². The molecule has 3 unspecified atom stereocenters. The van der Waals surface area contributed by atoms with Crippen LogP contribution in [0.3, 0.4) is 0 Å². The fourth-order valence-corrected chi connectivity index (χ4v) is 4.64. The van der Waals surface area contributed by atoms with Gasteiger partial charge in [0, 0.05) is 37.8 Å². The molecule has 31 heavy (non-hydrogen) atoms. The van der Waals surface area contributed by atoms with Crippen molar-refractivity contribution >= 4 is 22.6 Å². The molecule has 0 radical (unpaired) electrons. The molecule has 0 aliphatic carbocycles. The molecule has 1 N–H and O–H groups in total. The molecular formula is C22H26F2N6O. The summed E-state index contributed by atoms with van der Waals surface area (Å²) in [6, 6.07) is 5.57. The van der Waals surface area contributed by atoms with E-state index in [2.05, 4.69) is 26.3 Å². The molecule has 4 rings (SSSR count). The number of benzene rings is 1. The van der Waals surface area contributed by atoms with Crippen LogP contribution in [0.5, 0.6) is 0 Å². The first kappa shape index (κ1) is 21.4. The first-order chi connectivity index (χ1) is 14.8. The second kappa shape index (κ2) is 8.35. The van der Waals surface area contributed by atoms with E-state index < -0.39 is 11.8 Å². The van der Waals surface area contributed by atoms with Crippen LogP contribution in [0.2, 0.25) is 0 Å². The van der Waals surface area contributed by atoms with Crippen molar-refractivity contribution in [3.63, 3.8) is 0 Å². The highest BCUT2D eigenvalue weighted by atomic mass is 19.3. The molecule has 1 amide bonds. The number of carbonyl (C=O) groups excluding carboxylic acids is 1. The number of carbonyl (C=O) groups is 1. The zero-order valence-electron chi connectivity index (χ0n) is 17.7. The summed E-state index contributed by atoms with van der Waals surface area (Å²) in [6.45, 7) is 3.55. The Bertz CT molecular complexity index is 1020. The van der Waals surface area contributed by atoms with Gasteiger partial charge in [-0.2, -0.15) is 5.26 Å². The number of fused-ring (bicyclic) bond motifs is 1. The summed E-state index contributed by atoms with van der Waals surface area (Å²) in [5.74, 6) is -3.95. The Morgan fingerprint density at radius 3 is 2.74 bits per heavy atom. The van der Waals surface area contributed by atoms with Crippen LogP contribution in [0.1, 0.15) is 25.3 Å². The van der Waals surface area contributed by atoms with Gasteiger partial charge >= 0.3 is 0 Å². The molecule has 2 aliphatic heterocycles. The average molecular weight is 428 g/mol. The average Bonchev–Trinajstić information content (AvgIpc) is 3.08. The minimum Gasteiger partial charge on any atom is -0.367 e. The highest BCUT2D eigenvalue weighted by molar-refractivity contribution is 5.92. The molecule has 0 spiro atoms. The van der Waals surface area contributed by atoms with Crippen LogP contribution >= 0.6 is 0 Å². The molecule has 3 heterocycles. The van der Waals surface area contributed by atoms with E-state index in [9.17, 15) is 18.8 Å². The molecule has 3 atom stereocenters. The maximum atomic E-state index is 14.3. The van der Waals surface area contributed by atoms with Crippen LogP contribution in [-0.4, -0.2) is 66.0 Å². The van der Waals surface area contributed by atoms with Gasteiger partial charge < -0.3 is 15.1 Å². The zero-order chi connectivity index (χ0) is 22.2. The largest absolute Gasteiger partial charge is 0.367 e. The van der Waals surface area contributed by atoms with Crippen molar-refractivity contribution in [1.29, 1.82) is 5.26 Å². The standard InChI is InChI=1S/C22H26F2N6O/c1-14-11-30(18-4-3-15(10-25)20-21(18)27-7-6-26-20)12-17(14)28-19(31)9-16-5-8-29(2)13-22(16,23)24/h3-4,6-7,14,16-17H,5,8-9,11-13H2,1-2H3,(H,28,31). The first-order valence-corrected chi connectivity index (χ1v) is 10.5. The normalized spacial score (nSPS) is 26.0. The van der Waals surface area contributed by atoms with Crippen LogP contribution < -0.4 is 10.2 Å². The Balaban J connectivity index is 1.45. The van der Waals surface area contributed by atoms with Gasteiger partial charge in [0.15, 0.2) is 0 Å². The van der Waals surface area contributed by atoms with Gasteiger partial charge in [-0.05, 0) is 38.1 Å². The summed E-state index contributed by atoms with van der Waals surface area (Å²) in [4.78, 5) is 25.0. The third kappa shape index (κ3) is 4.30. The van der Waals surface area contributed by atoms with Crippen LogP contribution in [0, 0.1) is 23.2 Å². The fourth-order valence-electron chi connectivity index (χ4n) is 4.64. The van der Waals surface area contributed by atoms with Crippen LogP contribution in [0.25, 0.3) is 11.0 Å². The lowest BCUT2D eigenvalue weighted by molar-refractivity contribution is -0.135. The number of nitrogens with one attached hydrogen (secondary N) is 1. The molecule has 7 nitrogen and oxygen atoms in total. The number of nitrogens with zero attached hydrogens (tertiary/aromatic N) is 5. The lowest BCUT2D eigenvalue weighted by Gasteiger charge is -2.36. The molecule has 1 aromatic heterocycles. The molecular weight excluding hydrogens is 402 g/mol. The third-order valence-corrected chi connectivity index (χ3v) is 6.39. The number of nitriles is 1. The Hall–Kier alpha value is -2.86. The minimum absolute atomic E-state index is 0.143. The number of aromatic nitrogens is 2. The van der Waals surface area contributed by atoms with Crippen LogP contribution in [0.15, 0.2) is 24.5 Å². The molecule has 2 aliphatic rings. The predicted octanol–water partition coefficient (Wildman–Crippen LogP) is 2.42. The number of likely N-dealkylation sites (tertiary alicyclic amines) is 1. The van der Waals surface area contributed by atoms with Crippen molar-refractivity contribution in [2.75, 3.05) is 38.1 Å². The third-order valence-electron chi connectivity index (χ3n) is 6.39. The summed E-state index contributed by atoms with van der Waals surface area (Å²) < 4.78 is 28.6. The van der Waals surface area contributed by atoms with E-state index >= 15 is 0 Å². The Morgan fingerprint density at radius 2 is 2.03 bits per heavy atom. The number of rotatable bonds is 4. The summed E-state index contributed by atoms with van der Waals surface area (Å²) in [5, 5.41) is 12.3.